The Morgan fingerprint density at radius 1 is 1.14 bits per heavy atom. The molecule has 2 aromatic heterocycles. The topological polar surface area (TPSA) is 111 Å². The monoisotopic (exact) mass is 438 g/mol. The second kappa shape index (κ2) is 8.64. The highest BCUT2D eigenvalue weighted by Crippen LogP contribution is 2.28. The van der Waals surface area contributed by atoms with Gasteiger partial charge in [-0.15, -0.1) is 0 Å². The molecular weight excluding hydrogens is 416 g/mol. The Bertz CT molecular complexity index is 1080. The summed E-state index contributed by atoms with van der Waals surface area (Å²) in [5.74, 6) is 1.47. The quantitative estimate of drug-likeness (QED) is 0.569. The van der Waals surface area contributed by atoms with Crippen LogP contribution >= 0.6 is 11.6 Å². The molecule has 0 saturated carbocycles. The van der Waals surface area contributed by atoms with E-state index in [2.05, 4.69) is 20.0 Å². The van der Waals surface area contributed by atoms with Gasteiger partial charge in [0.15, 0.2) is 0 Å². The molecule has 0 spiro atoms. The smallest absolute Gasteiger partial charge is 0.242 e. The summed E-state index contributed by atoms with van der Waals surface area (Å²) >= 11 is 6.12. The molecule has 156 valence electrons. The summed E-state index contributed by atoms with van der Waals surface area (Å²) in [5.41, 5.74) is 2.30. The van der Waals surface area contributed by atoms with Crippen molar-refractivity contribution in [3.63, 3.8) is 0 Å². The molecule has 0 aliphatic heterocycles. The van der Waals surface area contributed by atoms with E-state index in [-0.39, 0.29) is 21.8 Å². The Morgan fingerprint density at radius 2 is 1.90 bits per heavy atom. The van der Waals surface area contributed by atoms with Crippen molar-refractivity contribution in [2.75, 3.05) is 0 Å². The van der Waals surface area contributed by atoms with E-state index in [1.165, 1.54) is 12.1 Å². The van der Waals surface area contributed by atoms with Crippen LogP contribution in [0.4, 0.5) is 0 Å². The van der Waals surface area contributed by atoms with Crippen molar-refractivity contribution >= 4 is 21.6 Å². The van der Waals surface area contributed by atoms with Gasteiger partial charge < -0.3 is 9.05 Å². The van der Waals surface area contributed by atoms with Gasteiger partial charge in [0.1, 0.15) is 10.7 Å². The summed E-state index contributed by atoms with van der Waals surface area (Å²) in [6.07, 6.45) is 1.85. The van der Waals surface area contributed by atoms with Crippen LogP contribution in [0.25, 0.3) is 11.4 Å². The number of sulfonamides is 1. The maximum atomic E-state index is 12.5. The van der Waals surface area contributed by atoms with Gasteiger partial charge in [0.2, 0.25) is 21.7 Å². The van der Waals surface area contributed by atoms with E-state index in [9.17, 15) is 8.42 Å². The highest BCUT2D eigenvalue weighted by molar-refractivity contribution is 7.89. The first-order valence-corrected chi connectivity index (χ1v) is 11.2. The van der Waals surface area contributed by atoms with Gasteiger partial charge in [-0.3, -0.25) is 0 Å². The van der Waals surface area contributed by atoms with Crippen molar-refractivity contribution in [1.82, 2.24) is 20.0 Å². The van der Waals surface area contributed by atoms with E-state index in [4.69, 9.17) is 20.6 Å². The fraction of sp³-hybridized carbons (Fsp3) is 0.421. The van der Waals surface area contributed by atoms with Gasteiger partial charge in [0.25, 0.3) is 0 Å². The molecule has 0 atom stereocenters. The number of nitrogens with zero attached hydrogens (tertiary/aromatic N) is 3. The number of aromatic nitrogens is 3. The van der Waals surface area contributed by atoms with E-state index in [1.54, 1.807) is 19.9 Å². The van der Waals surface area contributed by atoms with E-state index >= 15 is 0 Å². The summed E-state index contributed by atoms with van der Waals surface area (Å²) in [4.78, 5) is 4.38. The minimum atomic E-state index is -3.76. The minimum Gasteiger partial charge on any atom is -0.361 e. The Labute approximate surface area is 174 Å². The molecule has 2 heterocycles. The SMILES string of the molecule is CCc1noc(CC)c1Cc1nc(-c2ccc(Cl)c(S(=O)(=O)NC(C)C)c2)no1. The predicted octanol–water partition coefficient (Wildman–Crippen LogP) is 3.78. The maximum absolute atomic E-state index is 12.5. The lowest BCUT2D eigenvalue weighted by molar-refractivity contribution is 0.375. The lowest BCUT2D eigenvalue weighted by Crippen LogP contribution is -2.30. The fourth-order valence-electron chi connectivity index (χ4n) is 2.96. The van der Waals surface area contributed by atoms with E-state index < -0.39 is 10.0 Å². The molecule has 8 nitrogen and oxygen atoms in total. The number of rotatable bonds is 8. The molecule has 3 rings (SSSR count). The van der Waals surface area contributed by atoms with E-state index in [0.29, 0.717) is 24.3 Å². The van der Waals surface area contributed by atoms with Gasteiger partial charge >= 0.3 is 0 Å². The Balaban J connectivity index is 1.92. The fourth-order valence-corrected chi connectivity index (χ4v) is 4.73. The van der Waals surface area contributed by atoms with Crippen molar-refractivity contribution in [1.29, 1.82) is 0 Å². The molecule has 0 fully saturated rings. The molecule has 0 saturated heterocycles. The molecule has 3 aromatic rings. The first-order chi connectivity index (χ1) is 13.7. The first kappa shape index (κ1) is 21.5. The van der Waals surface area contributed by atoms with Gasteiger partial charge in [-0.2, -0.15) is 4.98 Å². The van der Waals surface area contributed by atoms with Gasteiger partial charge in [0.05, 0.1) is 17.1 Å². The van der Waals surface area contributed by atoms with E-state index in [0.717, 1.165) is 23.4 Å². The summed E-state index contributed by atoms with van der Waals surface area (Å²) in [6.45, 7) is 7.46. The number of benzene rings is 1. The average Bonchev–Trinajstić information content (AvgIpc) is 3.28. The molecule has 0 bridgehead atoms. The molecule has 1 aromatic carbocycles. The third-order valence-corrected chi connectivity index (χ3v) is 6.41. The van der Waals surface area contributed by atoms with Crippen molar-refractivity contribution in [3.05, 3.63) is 46.1 Å². The standard InChI is InChI=1S/C19H23ClN4O4S/c1-5-15-13(16(6-2)27-22-15)10-18-21-19(23-28-18)12-7-8-14(20)17(9-12)29(25,26)24-11(3)4/h7-9,11,24H,5-6,10H2,1-4H3. The van der Waals surface area contributed by atoms with Gasteiger partial charge in [-0.1, -0.05) is 35.8 Å². The van der Waals surface area contributed by atoms with Crippen LogP contribution in [0.5, 0.6) is 0 Å². The zero-order chi connectivity index (χ0) is 21.2. The zero-order valence-electron chi connectivity index (χ0n) is 16.7. The van der Waals surface area contributed by atoms with Crippen LogP contribution in [0.1, 0.15) is 50.6 Å². The summed E-state index contributed by atoms with van der Waals surface area (Å²) in [6, 6.07) is 4.34. The maximum Gasteiger partial charge on any atom is 0.242 e. The predicted molar refractivity (Wildman–Crippen MR) is 108 cm³/mol. The second-order valence-corrected chi connectivity index (χ2v) is 8.94. The van der Waals surface area contributed by atoms with Crippen molar-refractivity contribution in [2.45, 2.75) is 57.9 Å². The lowest BCUT2D eigenvalue weighted by Gasteiger charge is -2.11. The molecule has 0 aliphatic carbocycles. The van der Waals surface area contributed by atoms with Crippen LogP contribution in [0, 0.1) is 0 Å². The molecule has 0 amide bonds. The van der Waals surface area contributed by atoms with Crippen LogP contribution < -0.4 is 4.72 Å². The molecule has 0 unspecified atom stereocenters. The third-order valence-electron chi connectivity index (χ3n) is 4.27. The third kappa shape index (κ3) is 4.68. The Hall–Kier alpha value is -2.23. The lowest BCUT2D eigenvalue weighted by atomic mass is 10.1. The summed E-state index contributed by atoms with van der Waals surface area (Å²) < 4.78 is 38.3. The zero-order valence-corrected chi connectivity index (χ0v) is 18.3. The number of nitrogens with one attached hydrogen (secondary N) is 1. The summed E-state index contributed by atoms with van der Waals surface area (Å²) in [5, 5.41) is 8.20. The van der Waals surface area contributed by atoms with Gasteiger partial charge in [-0.05, 0) is 38.5 Å². The van der Waals surface area contributed by atoms with Crippen LogP contribution in [0.3, 0.4) is 0 Å². The first-order valence-electron chi connectivity index (χ1n) is 9.36. The minimum absolute atomic E-state index is 0.0303. The highest BCUT2D eigenvalue weighted by Gasteiger charge is 2.22. The molecule has 1 N–H and O–H groups in total. The van der Waals surface area contributed by atoms with Crippen molar-refractivity contribution in [3.8, 4) is 11.4 Å². The van der Waals surface area contributed by atoms with Gasteiger partial charge in [0, 0.05) is 23.6 Å². The average molecular weight is 439 g/mol. The largest absolute Gasteiger partial charge is 0.361 e. The normalized spacial score (nSPS) is 12.1. The van der Waals surface area contributed by atoms with Crippen LogP contribution in [0.2, 0.25) is 5.02 Å². The number of halogens is 1. The van der Waals surface area contributed by atoms with Crippen molar-refractivity contribution in [2.24, 2.45) is 0 Å². The van der Waals surface area contributed by atoms with Crippen molar-refractivity contribution < 1.29 is 17.5 Å². The summed E-state index contributed by atoms with van der Waals surface area (Å²) in [7, 11) is -3.76. The molecule has 10 heteroatoms. The molecule has 29 heavy (non-hydrogen) atoms. The van der Waals surface area contributed by atoms with Crippen LogP contribution in [-0.4, -0.2) is 29.8 Å². The van der Waals surface area contributed by atoms with Gasteiger partial charge in [-0.25, -0.2) is 13.1 Å². The highest BCUT2D eigenvalue weighted by atomic mass is 35.5. The molecule has 0 radical (unpaired) electrons. The Morgan fingerprint density at radius 3 is 2.55 bits per heavy atom. The van der Waals surface area contributed by atoms with Crippen LogP contribution in [0.15, 0.2) is 32.1 Å². The molecule has 0 aliphatic rings. The second-order valence-electron chi connectivity index (χ2n) is 6.85. The Kier molecular flexibility index (Phi) is 6.40. The van der Waals surface area contributed by atoms with Crippen LogP contribution in [-0.2, 0) is 29.3 Å². The van der Waals surface area contributed by atoms with E-state index in [1.807, 2.05) is 13.8 Å². The number of hydrogen-bond donors (Lipinski definition) is 1. The number of aryl methyl sites for hydroxylation is 2. The number of hydrogen-bond acceptors (Lipinski definition) is 7. The molecular formula is C19H23ClN4O4S.